The fourth-order valence-electron chi connectivity index (χ4n) is 3.77. The summed E-state index contributed by atoms with van der Waals surface area (Å²) in [5.41, 5.74) is 2.22. The van der Waals surface area contributed by atoms with Gasteiger partial charge in [0, 0.05) is 18.7 Å². The lowest BCUT2D eigenvalue weighted by Crippen LogP contribution is -2.66. The number of rotatable bonds is 6. The first-order valence-corrected chi connectivity index (χ1v) is 12.3. The maximum atomic E-state index is 6.92. The number of benzene rings is 2. The average Bonchev–Trinajstić information content (AvgIpc) is 2.96. The van der Waals surface area contributed by atoms with Gasteiger partial charge in [0.15, 0.2) is 3.83 Å². The fraction of sp³-hybridized carbons (Fsp3) is 0.318. The topological polar surface area (TPSA) is 37.9 Å². The Morgan fingerprint density at radius 3 is 1.89 bits per heavy atom. The smallest absolute Gasteiger partial charge is 0.261 e. The highest BCUT2D eigenvalue weighted by Crippen LogP contribution is 2.36. The first-order valence-electron chi connectivity index (χ1n) is 9.30. The second kappa shape index (κ2) is 8.28. The maximum absolute atomic E-state index is 6.92. The van der Waals surface area contributed by atoms with Crippen molar-refractivity contribution in [2.45, 2.75) is 39.2 Å². The third kappa shape index (κ3) is 4.20. The molecule has 1 aromatic heterocycles. The van der Waals surface area contributed by atoms with Crippen LogP contribution >= 0.6 is 22.6 Å². The van der Waals surface area contributed by atoms with Crippen LogP contribution in [0.5, 0.6) is 0 Å². The quantitative estimate of drug-likeness (QED) is 0.410. The number of aromatic amines is 1. The number of nitrogens with one attached hydrogen (secondary N) is 1. The Morgan fingerprint density at radius 1 is 0.963 bits per heavy atom. The first kappa shape index (κ1) is 20.3. The van der Waals surface area contributed by atoms with E-state index in [1.54, 1.807) is 0 Å². The SMILES string of the molecule is Cc1nc(I)[nH]c1CCO[Si](c1ccccc1)(c1ccccc1)C(C)(C)C. The monoisotopic (exact) mass is 490 g/mol. The largest absolute Gasteiger partial charge is 0.407 e. The zero-order valence-corrected chi connectivity index (χ0v) is 19.6. The normalized spacial score (nSPS) is 12.3. The first-order chi connectivity index (χ1) is 12.8. The molecule has 0 saturated carbocycles. The van der Waals surface area contributed by atoms with Crippen molar-refractivity contribution in [2.24, 2.45) is 0 Å². The minimum Gasteiger partial charge on any atom is -0.407 e. The van der Waals surface area contributed by atoms with Gasteiger partial charge >= 0.3 is 0 Å². The van der Waals surface area contributed by atoms with E-state index in [0.717, 1.165) is 21.6 Å². The summed E-state index contributed by atoms with van der Waals surface area (Å²) in [5, 5.41) is 2.65. The molecule has 0 radical (unpaired) electrons. The molecule has 2 aromatic carbocycles. The summed E-state index contributed by atoms with van der Waals surface area (Å²) in [4.78, 5) is 7.84. The minimum absolute atomic E-state index is 0.00710. The summed E-state index contributed by atoms with van der Waals surface area (Å²) in [6, 6.07) is 21.6. The number of hydrogen-bond donors (Lipinski definition) is 1. The fourth-order valence-corrected chi connectivity index (χ4v) is 9.02. The van der Waals surface area contributed by atoms with E-state index in [9.17, 15) is 0 Å². The van der Waals surface area contributed by atoms with Crippen LogP contribution in [0.25, 0.3) is 0 Å². The van der Waals surface area contributed by atoms with Gasteiger partial charge in [0.2, 0.25) is 0 Å². The van der Waals surface area contributed by atoms with E-state index in [1.807, 2.05) is 0 Å². The molecule has 3 aromatic rings. The molecule has 0 atom stereocenters. The summed E-state index contributed by atoms with van der Waals surface area (Å²) >= 11 is 2.23. The van der Waals surface area contributed by atoms with Gasteiger partial charge in [0.1, 0.15) is 0 Å². The molecule has 0 unspecified atom stereocenters. The average molecular weight is 490 g/mol. The molecule has 142 valence electrons. The highest BCUT2D eigenvalue weighted by molar-refractivity contribution is 14.1. The number of imidazole rings is 1. The number of halogens is 1. The van der Waals surface area contributed by atoms with E-state index < -0.39 is 8.32 Å². The van der Waals surface area contributed by atoms with Crippen LogP contribution < -0.4 is 10.4 Å². The molecule has 0 aliphatic rings. The molecular formula is C22H27IN2OSi. The van der Waals surface area contributed by atoms with Gasteiger partial charge in [-0.05, 0) is 44.9 Å². The second-order valence-electron chi connectivity index (χ2n) is 7.85. The van der Waals surface area contributed by atoms with Crippen molar-refractivity contribution in [3.63, 3.8) is 0 Å². The number of hydrogen-bond acceptors (Lipinski definition) is 2. The van der Waals surface area contributed by atoms with Crippen molar-refractivity contribution in [1.29, 1.82) is 0 Å². The summed E-state index contributed by atoms with van der Waals surface area (Å²) in [6.45, 7) is 9.65. The van der Waals surface area contributed by atoms with E-state index in [2.05, 4.69) is 121 Å². The predicted octanol–water partition coefficient (Wildman–Crippen LogP) is 4.44. The molecule has 0 aliphatic heterocycles. The Hall–Kier alpha value is -1.44. The lowest BCUT2D eigenvalue weighted by atomic mass is 10.2. The molecule has 0 amide bonds. The van der Waals surface area contributed by atoms with Crippen molar-refractivity contribution < 1.29 is 4.43 Å². The number of aryl methyl sites for hydroxylation is 1. The summed E-state index contributed by atoms with van der Waals surface area (Å²) in [7, 11) is -2.45. The third-order valence-electron chi connectivity index (χ3n) is 5.04. The van der Waals surface area contributed by atoms with Gasteiger partial charge in [-0.3, -0.25) is 0 Å². The zero-order chi connectivity index (χ0) is 19.5. The molecule has 0 saturated heterocycles. The van der Waals surface area contributed by atoms with Gasteiger partial charge in [0.05, 0.1) is 5.69 Å². The zero-order valence-electron chi connectivity index (χ0n) is 16.4. The predicted molar refractivity (Wildman–Crippen MR) is 123 cm³/mol. The summed E-state index contributed by atoms with van der Waals surface area (Å²) < 4.78 is 7.86. The van der Waals surface area contributed by atoms with Gasteiger partial charge in [-0.2, -0.15) is 0 Å². The lowest BCUT2D eigenvalue weighted by Gasteiger charge is -2.43. The van der Waals surface area contributed by atoms with Crippen LogP contribution in [-0.4, -0.2) is 24.9 Å². The Kier molecular flexibility index (Phi) is 6.23. The van der Waals surface area contributed by atoms with Crippen LogP contribution in [0.2, 0.25) is 5.04 Å². The molecule has 1 heterocycles. The van der Waals surface area contributed by atoms with E-state index in [1.165, 1.54) is 10.4 Å². The van der Waals surface area contributed by atoms with Crippen LogP contribution in [0.1, 0.15) is 32.2 Å². The molecule has 0 bridgehead atoms. The van der Waals surface area contributed by atoms with Crippen molar-refractivity contribution in [3.05, 3.63) is 75.9 Å². The molecule has 5 heteroatoms. The van der Waals surface area contributed by atoms with Crippen LogP contribution in [0.3, 0.4) is 0 Å². The van der Waals surface area contributed by atoms with E-state index in [-0.39, 0.29) is 5.04 Å². The molecule has 3 nitrogen and oxygen atoms in total. The molecule has 27 heavy (non-hydrogen) atoms. The Bertz CT molecular complexity index is 833. The number of H-pyrrole nitrogens is 1. The Morgan fingerprint density at radius 2 is 1.48 bits per heavy atom. The van der Waals surface area contributed by atoms with Crippen LogP contribution in [-0.2, 0) is 10.8 Å². The van der Waals surface area contributed by atoms with Crippen LogP contribution in [0.4, 0.5) is 0 Å². The third-order valence-corrected chi connectivity index (χ3v) is 10.6. The van der Waals surface area contributed by atoms with Crippen LogP contribution in [0.15, 0.2) is 60.7 Å². The number of aromatic nitrogens is 2. The van der Waals surface area contributed by atoms with Crippen molar-refractivity contribution in [3.8, 4) is 0 Å². The highest BCUT2D eigenvalue weighted by atomic mass is 127. The summed E-state index contributed by atoms with van der Waals surface area (Å²) in [5.74, 6) is 0. The minimum atomic E-state index is -2.45. The second-order valence-corrected chi connectivity index (χ2v) is 13.2. The van der Waals surface area contributed by atoms with Crippen molar-refractivity contribution >= 4 is 41.3 Å². The van der Waals surface area contributed by atoms with Gasteiger partial charge in [-0.15, -0.1) is 0 Å². The van der Waals surface area contributed by atoms with E-state index in [0.29, 0.717) is 6.61 Å². The molecule has 0 spiro atoms. The van der Waals surface area contributed by atoms with Gasteiger partial charge in [-0.1, -0.05) is 81.4 Å². The Labute approximate surface area is 176 Å². The van der Waals surface area contributed by atoms with E-state index in [4.69, 9.17) is 4.43 Å². The van der Waals surface area contributed by atoms with Crippen molar-refractivity contribution in [2.75, 3.05) is 6.61 Å². The molecule has 0 fully saturated rings. The Balaban J connectivity index is 2.00. The van der Waals surface area contributed by atoms with Crippen LogP contribution in [0, 0.1) is 10.8 Å². The number of nitrogens with zero attached hydrogens (tertiary/aromatic N) is 1. The molecule has 1 N–H and O–H groups in total. The van der Waals surface area contributed by atoms with Gasteiger partial charge in [-0.25, -0.2) is 4.98 Å². The highest BCUT2D eigenvalue weighted by Gasteiger charge is 2.49. The standard InChI is InChI=1S/C22H27IN2OSi/c1-17-20(25-21(23)24-17)15-16-26-27(22(2,3)4,18-11-7-5-8-12-18)19-13-9-6-10-14-19/h5-14H,15-16H2,1-4H3,(H,24,25). The molecule has 0 aliphatic carbocycles. The lowest BCUT2D eigenvalue weighted by molar-refractivity contribution is 0.300. The van der Waals surface area contributed by atoms with E-state index >= 15 is 0 Å². The van der Waals surface area contributed by atoms with Crippen molar-refractivity contribution in [1.82, 2.24) is 9.97 Å². The maximum Gasteiger partial charge on any atom is 0.261 e. The molecule has 3 rings (SSSR count). The van der Waals surface area contributed by atoms with Gasteiger partial charge < -0.3 is 9.41 Å². The summed E-state index contributed by atoms with van der Waals surface area (Å²) in [6.07, 6.45) is 0.840. The molecular weight excluding hydrogens is 463 g/mol. The van der Waals surface area contributed by atoms with Gasteiger partial charge in [0.25, 0.3) is 8.32 Å².